The van der Waals surface area contributed by atoms with E-state index >= 15 is 0 Å². The Morgan fingerprint density at radius 3 is 2.48 bits per heavy atom. The van der Waals surface area contributed by atoms with E-state index in [1.165, 1.54) is 12.2 Å². The molecule has 3 aliphatic rings. The average Bonchev–Trinajstić information content (AvgIpc) is 3.50. The second-order valence-corrected chi connectivity index (χ2v) is 7.32. The lowest BCUT2D eigenvalue weighted by Gasteiger charge is -2.37. The van der Waals surface area contributed by atoms with Crippen LogP contribution in [0.4, 0.5) is 0 Å². The largest absolute Gasteiger partial charge is 0.486 e. The third-order valence-electron chi connectivity index (χ3n) is 5.47. The van der Waals surface area contributed by atoms with Gasteiger partial charge in [-0.1, -0.05) is 0 Å². The van der Waals surface area contributed by atoms with E-state index in [0.717, 1.165) is 38.5 Å². The van der Waals surface area contributed by atoms with Gasteiger partial charge in [0, 0.05) is 57.0 Å². The molecule has 2 saturated carbocycles. The lowest BCUT2D eigenvalue weighted by molar-refractivity contribution is -0.424. The maximum absolute atomic E-state index is 11.4. The number of nitrogens with one attached hydrogen (secondary N) is 2. The van der Waals surface area contributed by atoms with Crippen molar-refractivity contribution in [2.45, 2.75) is 50.4 Å². The van der Waals surface area contributed by atoms with Gasteiger partial charge in [0.15, 0.2) is 11.5 Å². The molecule has 0 aliphatic heterocycles. The van der Waals surface area contributed by atoms with Crippen LogP contribution < -0.4 is 5.32 Å². The van der Waals surface area contributed by atoms with Crippen molar-refractivity contribution in [3.63, 3.8) is 0 Å². The quantitative estimate of drug-likeness (QED) is 0.383. The van der Waals surface area contributed by atoms with Crippen LogP contribution in [-0.4, -0.2) is 43.3 Å². The summed E-state index contributed by atoms with van der Waals surface area (Å²) in [5.41, 5.74) is 0.592. The Balaban J connectivity index is 1.62. The molecule has 0 saturated heterocycles. The van der Waals surface area contributed by atoms with Crippen molar-refractivity contribution in [1.82, 2.24) is 5.32 Å². The van der Waals surface area contributed by atoms with Crippen molar-refractivity contribution in [3.05, 3.63) is 45.5 Å². The number of nitrogens with zero attached hydrogens (tertiary/aromatic N) is 1. The molecule has 0 bridgehead atoms. The van der Waals surface area contributed by atoms with Crippen molar-refractivity contribution in [1.29, 1.82) is 5.41 Å². The first-order valence-corrected chi connectivity index (χ1v) is 9.33. The highest BCUT2D eigenvalue weighted by Crippen LogP contribution is 2.33. The van der Waals surface area contributed by atoms with Gasteiger partial charge >= 0.3 is 5.70 Å². The maximum Gasteiger partial charge on any atom is 0.311 e. The molecule has 3 rings (SSSR count). The van der Waals surface area contributed by atoms with Crippen molar-refractivity contribution in [2.24, 2.45) is 5.92 Å². The van der Waals surface area contributed by atoms with Crippen molar-refractivity contribution in [2.75, 3.05) is 20.8 Å². The zero-order valence-corrected chi connectivity index (χ0v) is 15.8. The summed E-state index contributed by atoms with van der Waals surface area (Å²) in [6, 6.07) is 0.215. The van der Waals surface area contributed by atoms with E-state index in [2.05, 4.69) is 5.32 Å². The third kappa shape index (κ3) is 4.75. The molecule has 2 N–H and O–H groups in total. The van der Waals surface area contributed by atoms with Crippen LogP contribution in [0.1, 0.15) is 38.5 Å². The summed E-state index contributed by atoms with van der Waals surface area (Å²) in [5.74, 6) is 0.152. The summed E-state index contributed by atoms with van der Waals surface area (Å²) in [7, 11) is 3.31. The predicted octanol–water partition coefficient (Wildman–Crippen LogP) is 2.90. The van der Waals surface area contributed by atoms with Crippen molar-refractivity contribution < 1.29 is 19.1 Å². The second kappa shape index (κ2) is 8.22. The van der Waals surface area contributed by atoms with Gasteiger partial charge in [-0.3, -0.25) is 10.1 Å². The van der Waals surface area contributed by atoms with Crippen LogP contribution in [0.5, 0.6) is 0 Å². The second-order valence-electron chi connectivity index (χ2n) is 7.32. The van der Waals surface area contributed by atoms with E-state index < -0.39 is 10.7 Å². The molecule has 2 fully saturated rings. The number of hydrogen-bond acceptors (Lipinski definition) is 7. The maximum atomic E-state index is 11.4. The van der Waals surface area contributed by atoms with Gasteiger partial charge in [-0.25, -0.2) is 0 Å². The standard InChI is InChI=1S/C19H27N3O5/c1-25-19(26-2)7-5-15(6-8-19)21-11-14-9-17(22(23)24)18(10-16(14)20)27-12-13-3-4-13/h9-11,13,15,20-21H,3-8,12H2,1-2H3/b14-11-,20-16?. The highest BCUT2D eigenvalue weighted by molar-refractivity contribution is 6.10. The molecule has 148 valence electrons. The number of ether oxygens (including phenoxy) is 3. The Morgan fingerprint density at radius 2 is 1.93 bits per heavy atom. The molecule has 8 nitrogen and oxygen atoms in total. The summed E-state index contributed by atoms with van der Waals surface area (Å²) >= 11 is 0. The van der Waals surface area contributed by atoms with Gasteiger partial charge in [0.25, 0.3) is 0 Å². The van der Waals surface area contributed by atoms with Gasteiger partial charge in [-0.05, 0) is 31.6 Å². The molecule has 0 spiro atoms. The first kappa shape index (κ1) is 19.6. The number of hydrogen-bond donors (Lipinski definition) is 2. The molecular formula is C19H27N3O5. The van der Waals surface area contributed by atoms with Crippen LogP contribution >= 0.6 is 0 Å². The van der Waals surface area contributed by atoms with E-state index in [4.69, 9.17) is 19.6 Å². The Labute approximate surface area is 158 Å². The summed E-state index contributed by atoms with van der Waals surface area (Å²) in [6.07, 6.45) is 10.0. The van der Waals surface area contributed by atoms with Crippen LogP contribution in [0.2, 0.25) is 0 Å². The molecule has 0 radical (unpaired) electrons. The molecular weight excluding hydrogens is 350 g/mol. The predicted molar refractivity (Wildman–Crippen MR) is 99.8 cm³/mol. The zero-order valence-electron chi connectivity index (χ0n) is 15.8. The minimum absolute atomic E-state index is 0.0962. The first-order valence-electron chi connectivity index (χ1n) is 9.33. The lowest BCUT2D eigenvalue weighted by Crippen LogP contribution is -2.42. The molecule has 0 atom stereocenters. The summed E-state index contributed by atoms with van der Waals surface area (Å²) in [4.78, 5) is 10.9. The molecule has 0 unspecified atom stereocenters. The molecule has 0 aromatic heterocycles. The van der Waals surface area contributed by atoms with Gasteiger partial charge in [0.2, 0.25) is 0 Å². The summed E-state index contributed by atoms with van der Waals surface area (Å²) in [5, 5.41) is 22.9. The summed E-state index contributed by atoms with van der Waals surface area (Å²) in [6.45, 7) is 0.477. The first-order chi connectivity index (χ1) is 13.0. The van der Waals surface area contributed by atoms with Crippen molar-refractivity contribution in [3.8, 4) is 0 Å². The fraction of sp³-hybridized carbons (Fsp3) is 0.632. The van der Waals surface area contributed by atoms with E-state index in [-0.39, 0.29) is 23.2 Å². The van der Waals surface area contributed by atoms with Gasteiger partial charge in [0.1, 0.15) is 0 Å². The van der Waals surface area contributed by atoms with E-state index in [1.807, 2.05) is 0 Å². The minimum Gasteiger partial charge on any atom is -0.486 e. The molecule has 8 heteroatoms. The topological polar surface area (TPSA) is 107 Å². The number of methoxy groups -OCH3 is 2. The Bertz CT molecular complexity index is 679. The monoisotopic (exact) mass is 377 g/mol. The van der Waals surface area contributed by atoms with Crippen LogP contribution in [0, 0.1) is 21.4 Å². The van der Waals surface area contributed by atoms with Gasteiger partial charge in [0.05, 0.1) is 17.2 Å². The average molecular weight is 377 g/mol. The Morgan fingerprint density at radius 1 is 1.26 bits per heavy atom. The van der Waals surface area contributed by atoms with E-state index in [1.54, 1.807) is 20.4 Å². The fourth-order valence-corrected chi connectivity index (χ4v) is 3.38. The molecule has 0 aromatic carbocycles. The smallest absolute Gasteiger partial charge is 0.311 e. The molecule has 27 heavy (non-hydrogen) atoms. The van der Waals surface area contributed by atoms with Gasteiger partial charge < -0.3 is 24.9 Å². The van der Waals surface area contributed by atoms with Crippen LogP contribution in [-0.2, 0) is 14.2 Å². The van der Waals surface area contributed by atoms with E-state index in [9.17, 15) is 10.1 Å². The molecule has 0 aromatic rings. The zero-order chi connectivity index (χ0) is 19.4. The van der Waals surface area contributed by atoms with Gasteiger partial charge in [-0.2, -0.15) is 0 Å². The minimum atomic E-state index is -0.516. The van der Waals surface area contributed by atoms with Crippen molar-refractivity contribution >= 4 is 5.71 Å². The fourth-order valence-electron chi connectivity index (χ4n) is 3.38. The molecule has 3 aliphatic carbocycles. The lowest BCUT2D eigenvalue weighted by atomic mass is 9.90. The Kier molecular flexibility index (Phi) is 5.96. The normalized spacial score (nSPS) is 24.4. The highest BCUT2D eigenvalue weighted by Gasteiger charge is 2.35. The molecule has 0 amide bonds. The van der Waals surface area contributed by atoms with Crippen LogP contribution in [0.25, 0.3) is 0 Å². The third-order valence-corrected chi connectivity index (χ3v) is 5.47. The summed E-state index contributed by atoms with van der Waals surface area (Å²) < 4.78 is 16.5. The SMILES string of the molecule is COC1(OC)CCC(N/C=C2/C=C([N+](=O)[O-])C(OCC3CC3)=CC2=N)CC1. The van der Waals surface area contributed by atoms with Crippen LogP contribution in [0.3, 0.4) is 0 Å². The number of allylic oxidation sites excluding steroid dienone is 3. The highest BCUT2D eigenvalue weighted by atomic mass is 16.7. The van der Waals surface area contributed by atoms with Gasteiger partial charge in [-0.15, -0.1) is 0 Å². The van der Waals surface area contributed by atoms with E-state index in [0.29, 0.717) is 18.1 Å². The number of rotatable bonds is 8. The van der Waals surface area contributed by atoms with Crippen LogP contribution in [0.15, 0.2) is 35.4 Å². The molecule has 0 heterocycles. The Hall–Kier alpha value is -2.19. The number of nitro groups is 1.